The third-order valence-corrected chi connectivity index (χ3v) is 6.59. The van der Waals surface area contributed by atoms with E-state index in [1.165, 1.54) is 43.5 Å². The smallest absolute Gasteiger partial charge is 0.344 e. The molecule has 0 saturated carbocycles. The monoisotopic (exact) mass is 600 g/mol. The molecule has 10 nitrogen and oxygen atoms in total. The van der Waals surface area contributed by atoms with E-state index in [1.807, 2.05) is 0 Å². The third-order valence-electron chi connectivity index (χ3n) is 4.79. The van der Waals surface area contributed by atoms with E-state index in [2.05, 4.69) is 10.1 Å². The van der Waals surface area contributed by atoms with Crippen molar-refractivity contribution in [2.45, 2.75) is 6.92 Å². The zero-order chi connectivity index (χ0) is 28.0. The number of halogens is 3. The Morgan fingerprint density at radius 1 is 1.05 bits per heavy atom. The Balaban J connectivity index is 1.69. The average molecular weight is 602 g/mol. The lowest BCUT2D eigenvalue weighted by molar-refractivity contribution is -0.145. The van der Waals surface area contributed by atoms with Crippen LogP contribution in [0.5, 0.6) is 5.75 Å². The van der Waals surface area contributed by atoms with Crippen LogP contribution in [-0.2, 0) is 23.9 Å². The number of hydrogen-bond donors (Lipinski definition) is 1. The number of ether oxygens (including phenoxy) is 3. The Kier molecular flexibility index (Phi) is 10.0. The second-order valence-electron chi connectivity index (χ2n) is 7.41. The summed E-state index contributed by atoms with van der Waals surface area (Å²) < 4.78 is 14.7. The topological polar surface area (TPSA) is 128 Å². The van der Waals surface area contributed by atoms with Crippen molar-refractivity contribution in [3.05, 3.63) is 61.4 Å². The minimum Gasteiger partial charge on any atom is -0.479 e. The van der Waals surface area contributed by atoms with Crippen LogP contribution in [0.2, 0.25) is 15.1 Å². The zero-order valence-corrected chi connectivity index (χ0v) is 22.9. The van der Waals surface area contributed by atoms with Crippen LogP contribution in [0.25, 0.3) is 6.08 Å². The Bertz CT molecular complexity index is 1320. The maximum atomic E-state index is 12.8. The van der Waals surface area contributed by atoms with Crippen molar-refractivity contribution in [1.29, 1.82) is 0 Å². The predicted octanol–water partition coefficient (Wildman–Crippen LogP) is 5.05. The number of nitrogens with zero attached hydrogens (tertiary/aromatic N) is 1. The average Bonchev–Trinajstić information content (AvgIpc) is 3.11. The quantitative estimate of drug-likeness (QED) is 0.310. The molecular formula is C24H19Cl3N2O8S. The number of carbonyl (C=O) groups is 5. The molecule has 3 rings (SSSR count). The van der Waals surface area contributed by atoms with Gasteiger partial charge in [0.2, 0.25) is 5.91 Å². The Morgan fingerprint density at radius 2 is 1.74 bits per heavy atom. The van der Waals surface area contributed by atoms with Crippen LogP contribution in [-0.4, -0.2) is 60.8 Å². The highest BCUT2D eigenvalue weighted by molar-refractivity contribution is 8.18. The lowest BCUT2D eigenvalue weighted by Gasteiger charge is -2.13. The molecule has 0 bridgehead atoms. The zero-order valence-electron chi connectivity index (χ0n) is 19.8. The van der Waals surface area contributed by atoms with Crippen molar-refractivity contribution in [2.24, 2.45) is 0 Å². The predicted molar refractivity (Wildman–Crippen MR) is 143 cm³/mol. The molecule has 0 unspecified atom stereocenters. The summed E-state index contributed by atoms with van der Waals surface area (Å²) in [5.41, 5.74) is 0.641. The van der Waals surface area contributed by atoms with Gasteiger partial charge in [-0.2, -0.15) is 0 Å². The number of imide groups is 1. The van der Waals surface area contributed by atoms with E-state index in [9.17, 15) is 24.0 Å². The molecule has 0 aliphatic carbocycles. The highest BCUT2D eigenvalue weighted by Gasteiger charge is 2.36. The van der Waals surface area contributed by atoms with Crippen molar-refractivity contribution in [3.8, 4) is 5.75 Å². The normalized spacial score (nSPS) is 14.0. The van der Waals surface area contributed by atoms with Crippen molar-refractivity contribution in [3.63, 3.8) is 0 Å². The lowest BCUT2D eigenvalue weighted by Crippen LogP contribution is -2.36. The standard InChI is InChI=1S/C24H19Cl3N2O8S/c1-3-36-20(31)11-37-21-16(26)6-12(7-17(21)27)8-18-22(32)29(24(34)38-18)10-19(30)28-13-4-5-15(25)14(9-13)23(33)35-2/h4-9H,3,10-11H2,1-2H3,(H,28,30)/b18-8-. The molecule has 1 aliphatic heterocycles. The summed E-state index contributed by atoms with van der Waals surface area (Å²) in [6.07, 6.45) is 1.39. The van der Waals surface area contributed by atoms with Crippen molar-refractivity contribution in [1.82, 2.24) is 4.90 Å². The molecule has 14 heteroatoms. The van der Waals surface area contributed by atoms with Crippen LogP contribution in [0, 0.1) is 0 Å². The van der Waals surface area contributed by atoms with Crippen LogP contribution >= 0.6 is 46.6 Å². The summed E-state index contributed by atoms with van der Waals surface area (Å²) in [6.45, 7) is 0.882. The van der Waals surface area contributed by atoms with E-state index in [0.29, 0.717) is 17.3 Å². The van der Waals surface area contributed by atoms with E-state index in [0.717, 1.165) is 4.90 Å². The van der Waals surface area contributed by atoms with E-state index in [-0.39, 0.29) is 43.6 Å². The highest BCUT2D eigenvalue weighted by atomic mass is 35.5. The van der Waals surface area contributed by atoms with E-state index in [1.54, 1.807) is 6.92 Å². The summed E-state index contributed by atoms with van der Waals surface area (Å²) in [6, 6.07) is 7.04. The number of esters is 2. The number of thioether (sulfide) groups is 1. The molecule has 1 fully saturated rings. The number of anilines is 1. The fourth-order valence-corrected chi connectivity index (χ4v) is 4.78. The summed E-state index contributed by atoms with van der Waals surface area (Å²) in [4.78, 5) is 61.9. The van der Waals surface area contributed by atoms with Gasteiger partial charge in [0.05, 0.1) is 39.3 Å². The number of hydrogen-bond acceptors (Lipinski definition) is 9. The van der Waals surface area contributed by atoms with Crippen LogP contribution in [0.3, 0.4) is 0 Å². The first-order valence-electron chi connectivity index (χ1n) is 10.7. The van der Waals surface area contributed by atoms with Gasteiger partial charge in [0, 0.05) is 5.69 Å². The van der Waals surface area contributed by atoms with Gasteiger partial charge in [-0.05, 0) is 60.7 Å². The van der Waals surface area contributed by atoms with Gasteiger partial charge >= 0.3 is 11.9 Å². The van der Waals surface area contributed by atoms with Gasteiger partial charge in [-0.25, -0.2) is 9.59 Å². The molecule has 3 amide bonds. The van der Waals surface area contributed by atoms with Gasteiger partial charge in [-0.1, -0.05) is 34.8 Å². The molecule has 0 radical (unpaired) electrons. The Labute approximate surface area is 236 Å². The molecule has 1 saturated heterocycles. The van der Waals surface area contributed by atoms with Gasteiger partial charge in [0.15, 0.2) is 12.4 Å². The first-order chi connectivity index (χ1) is 18.0. The highest BCUT2D eigenvalue weighted by Crippen LogP contribution is 2.37. The molecule has 0 spiro atoms. The first-order valence-corrected chi connectivity index (χ1v) is 12.7. The molecule has 2 aromatic rings. The fourth-order valence-electron chi connectivity index (χ4n) is 3.14. The van der Waals surface area contributed by atoms with Crippen molar-refractivity contribution < 1.29 is 38.2 Å². The number of benzene rings is 2. The number of rotatable bonds is 9. The molecule has 0 atom stereocenters. The Morgan fingerprint density at radius 3 is 2.37 bits per heavy atom. The minimum atomic E-state index is -0.698. The van der Waals surface area contributed by atoms with Crippen LogP contribution in [0.4, 0.5) is 10.5 Å². The van der Waals surface area contributed by atoms with Crippen molar-refractivity contribution >= 4 is 87.3 Å². The summed E-state index contributed by atoms with van der Waals surface area (Å²) in [5.74, 6) is -2.61. The SMILES string of the molecule is CCOC(=O)COc1c(Cl)cc(/C=C2\SC(=O)N(CC(=O)Nc3ccc(Cl)c(C(=O)OC)c3)C2=O)cc1Cl. The van der Waals surface area contributed by atoms with Gasteiger partial charge < -0.3 is 19.5 Å². The van der Waals surface area contributed by atoms with Gasteiger partial charge in [-0.15, -0.1) is 0 Å². The van der Waals surface area contributed by atoms with Gasteiger partial charge in [0.25, 0.3) is 11.1 Å². The number of carbonyl (C=O) groups excluding carboxylic acids is 5. The minimum absolute atomic E-state index is 0.0367. The van der Waals surface area contributed by atoms with Crippen LogP contribution in [0.1, 0.15) is 22.8 Å². The summed E-state index contributed by atoms with van der Waals surface area (Å²) in [7, 11) is 1.19. The second-order valence-corrected chi connectivity index (χ2v) is 9.62. The van der Waals surface area contributed by atoms with Crippen LogP contribution in [0.15, 0.2) is 35.2 Å². The molecular weight excluding hydrogens is 583 g/mol. The first kappa shape index (κ1) is 29.3. The van der Waals surface area contributed by atoms with Crippen molar-refractivity contribution in [2.75, 3.05) is 32.2 Å². The molecule has 1 N–H and O–H groups in total. The second kappa shape index (κ2) is 13.0. The van der Waals surface area contributed by atoms with Gasteiger partial charge in [0.1, 0.15) is 6.54 Å². The third kappa shape index (κ3) is 7.19. The molecule has 2 aromatic carbocycles. The fraction of sp³-hybridized carbons (Fsp3) is 0.208. The maximum absolute atomic E-state index is 12.8. The van der Waals surface area contributed by atoms with Gasteiger partial charge in [-0.3, -0.25) is 19.3 Å². The largest absolute Gasteiger partial charge is 0.479 e. The van der Waals surface area contributed by atoms with E-state index < -0.39 is 42.1 Å². The lowest BCUT2D eigenvalue weighted by atomic mass is 10.2. The molecule has 1 aliphatic rings. The van der Waals surface area contributed by atoms with E-state index >= 15 is 0 Å². The molecule has 200 valence electrons. The Hall–Kier alpha value is -3.25. The summed E-state index contributed by atoms with van der Waals surface area (Å²) >= 11 is 19.0. The number of amides is 3. The number of nitrogens with one attached hydrogen (secondary N) is 1. The number of methoxy groups -OCH3 is 1. The molecule has 0 aromatic heterocycles. The maximum Gasteiger partial charge on any atom is 0.344 e. The molecule has 38 heavy (non-hydrogen) atoms. The summed E-state index contributed by atoms with van der Waals surface area (Å²) in [5, 5.41) is 2.12. The molecule has 1 heterocycles. The van der Waals surface area contributed by atoms with Crippen LogP contribution < -0.4 is 10.1 Å². The van der Waals surface area contributed by atoms with E-state index in [4.69, 9.17) is 44.3 Å².